The minimum Gasteiger partial charge on any atom is -0.496 e. The molecule has 0 radical (unpaired) electrons. The number of anilines is 1. The van der Waals surface area contributed by atoms with Gasteiger partial charge >= 0.3 is 5.97 Å². The first-order valence-corrected chi connectivity index (χ1v) is 8.19. The average Bonchev–Trinajstić information content (AvgIpc) is 2.57. The van der Waals surface area contributed by atoms with Gasteiger partial charge in [-0.05, 0) is 42.8 Å². The summed E-state index contributed by atoms with van der Waals surface area (Å²) >= 11 is 11.9. The molecule has 0 heterocycles. The maximum absolute atomic E-state index is 11.9. The monoisotopic (exact) mass is 381 g/mol. The highest BCUT2D eigenvalue weighted by molar-refractivity contribution is 6.31. The van der Waals surface area contributed by atoms with Crippen molar-refractivity contribution in [3.05, 3.63) is 57.6 Å². The van der Waals surface area contributed by atoms with Gasteiger partial charge in [0.25, 0.3) is 5.91 Å². The number of carbonyl (C=O) groups excluding carboxylic acids is 2. The van der Waals surface area contributed by atoms with Crippen LogP contribution < -0.4 is 10.1 Å². The Morgan fingerprint density at radius 1 is 1.16 bits per heavy atom. The molecule has 0 aromatic heterocycles. The van der Waals surface area contributed by atoms with Crippen LogP contribution in [0, 0.1) is 6.92 Å². The van der Waals surface area contributed by atoms with Crippen molar-refractivity contribution in [2.75, 3.05) is 19.0 Å². The van der Waals surface area contributed by atoms with Gasteiger partial charge < -0.3 is 14.8 Å². The number of hydrogen-bond donors (Lipinski definition) is 1. The summed E-state index contributed by atoms with van der Waals surface area (Å²) in [5, 5.41) is 3.68. The van der Waals surface area contributed by atoms with Gasteiger partial charge in [-0.2, -0.15) is 0 Å². The quantitative estimate of drug-likeness (QED) is 0.766. The molecule has 0 fully saturated rings. The number of halogens is 2. The smallest absolute Gasteiger partial charge is 0.310 e. The predicted molar refractivity (Wildman–Crippen MR) is 97.5 cm³/mol. The van der Waals surface area contributed by atoms with Crippen molar-refractivity contribution >= 4 is 40.8 Å². The number of methoxy groups -OCH3 is 1. The summed E-state index contributed by atoms with van der Waals surface area (Å²) in [7, 11) is 1.50. The molecular formula is C18H17Cl2NO4. The zero-order valence-electron chi connectivity index (χ0n) is 13.8. The fraction of sp³-hybridized carbons (Fsp3) is 0.222. The number of amides is 1. The largest absolute Gasteiger partial charge is 0.496 e. The second-order valence-electron chi connectivity index (χ2n) is 5.25. The van der Waals surface area contributed by atoms with Crippen molar-refractivity contribution in [2.45, 2.75) is 13.3 Å². The third-order valence-corrected chi connectivity index (χ3v) is 4.13. The van der Waals surface area contributed by atoms with Crippen molar-refractivity contribution < 1.29 is 19.1 Å². The number of esters is 1. The summed E-state index contributed by atoms with van der Waals surface area (Å²) in [6.45, 7) is 1.39. The summed E-state index contributed by atoms with van der Waals surface area (Å²) in [4.78, 5) is 23.9. The van der Waals surface area contributed by atoms with Crippen LogP contribution in [0.1, 0.15) is 11.1 Å². The number of ether oxygens (including phenoxy) is 2. The van der Waals surface area contributed by atoms with Gasteiger partial charge in [-0.25, -0.2) is 0 Å². The number of nitrogens with one attached hydrogen (secondary N) is 1. The first-order valence-electron chi connectivity index (χ1n) is 7.43. The van der Waals surface area contributed by atoms with E-state index in [1.54, 1.807) is 43.3 Å². The van der Waals surface area contributed by atoms with Crippen LogP contribution in [0.4, 0.5) is 5.69 Å². The molecule has 2 rings (SSSR count). The van der Waals surface area contributed by atoms with E-state index >= 15 is 0 Å². The lowest BCUT2D eigenvalue weighted by molar-refractivity contribution is -0.146. The Morgan fingerprint density at radius 3 is 2.64 bits per heavy atom. The zero-order chi connectivity index (χ0) is 18.4. The van der Waals surface area contributed by atoms with Crippen LogP contribution in [-0.2, 0) is 20.7 Å². The molecule has 7 heteroatoms. The third kappa shape index (κ3) is 5.37. The molecule has 25 heavy (non-hydrogen) atoms. The minimum absolute atomic E-state index is 0.0484. The molecule has 0 atom stereocenters. The Balaban J connectivity index is 1.90. The number of rotatable bonds is 6. The number of hydrogen-bond acceptors (Lipinski definition) is 4. The third-order valence-electron chi connectivity index (χ3n) is 3.48. The van der Waals surface area contributed by atoms with Crippen LogP contribution in [0.25, 0.3) is 0 Å². The van der Waals surface area contributed by atoms with E-state index in [0.29, 0.717) is 27.0 Å². The molecule has 1 amide bonds. The molecule has 0 saturated heterocycles. The fourth-order valence-corrected chi connectivity index (χ4v) is 2.54. The lowest BCUT2D eigenvalue weighted by atomic mass is 10.1. The molecule has 0 aliphatic heterocycles. The second kappa shape index (κ2) is 8.74. The Labute approximate surface area is 155 Å². The molecule has 0 aliphatic carbocycles. The second-order valence-corrected chi connectivity index (χ2v) is 6.10. The van der Waals surface area contributed by atoms with Gasteiger partial charge in [0, 0.05) is 21.3 Å². The van der Waals surface area contributed by atoms with Gasteiger partial charge in [0.1, 0.15) is 5.75 Å². The molecule has 0 spiro atoms. The molecule has 0 aliphatic rings. The van der Waals surface area contributed by atoms with Crippen LogP contribution in [0.3, 0.4) is 0 Å². The van der Waals surface area contributed by atoms with Gasteiger partial charge in [0.2, 0.25) is 0 Å². The van der Waals surface area contributed by atoms with Gasteiger partial charge in [-0.15, -0.1) is 0 Å². The Bertz CT molecular complexity index is 793. The van der Waals surface area contributed by atoms with E-state index in [0.717, 1.165) is 5.56 Å². The summed E-state index contributed by atoms with van der Waals surface area (Å²) in [6.07, 6.45) is -0.0484. The van der Waals surface area contributed by atoms with Crippen LogP contribution in [0.15, 0.2) is 36.4 Å². The highest BCUT2D eigenvalue weighted by atomic mass is 35.5. The molecule has 1 N–H and O–H groups in total. The Kier molecular flexibility index (Phi) is 6.67. The van der Waals surface area contributed by atoms with Crippen molar-refractivity contribution in [2.24, 2.45) is 0 Å². The lowest BCUT2D eigenvalue weighted by Crippen LogP contribution is -2.22. The van der Waals surface area contributed by atoms with Crippen LogP contribution in [0.5, 0.6) is 5.75 Å². The van der Waals surface area contributed by atoms with E-state index in [1.165, 1.54) is 7.11 Å². The van der Waals surface area contributed by atoms with Crippen molar-refractivity contribution in [3.8, 4) is 5.75 Å². The van der Waals surface area contributed by atoms with Crippen LogP contribution >= 0.6 is 23.2 Å². The van der Waals surface area contributed by atoms with E-state index in [9.17, 15) is 9.59 Å². The highest BCUT2D eigenvalue weighted by Gasteiger charge is 2.13. The fourth-order valence-electron chi connectivity index (χ4n) is 2.17. The van der Waals surface area contributed by atoms with Gasteiger partial charge in [-0.3, -0.25) is 9.59 Å². The van der Waals surface area contributed by atoms with Crippen LogP contribution in [-0.4, -0.2) is 25.6 Å². The Hall–Kier alpha value is -2.24. The normalized spacial score (nSPS) is 10.2. The SMILES string of the molecule is COc1ccc(Cl)cc1CC(=O)OCC(=O)Nc1cccc(Cl)c1C. The minimum atomic E-state index is -0.557. The number of benzene rings is 2. The first kappa shape index (κ1) is 19.1. The van der Waals surface area contributed by atoms with E-state index in [2.05, 4.69) is 5.32 Å². The van der Waals surface area contributed by atoms with Gasteiger partial charge in [-0.1, -0.05) is 29.3 Å². The lowest BCUT2D eigenvalue weighted by Gasteiger charge is -2.11. The molecular weight excluding hydrogens is 365 g/mol. The maximum Gasteiger partial charge on any atom is 0.310 e. The molecule has 2 aromatic rings. The topological polar surface area (TPSA) is 64.6 Å². The predicted octanol–water partition coefficient (Wildman–Crippen LogP) is 4.03. The van der Waals surface area contributed by atoms with Crippen LogP contribution in [0.2, 0.25) is 10.0 Å². The molecule has 2 aromatic carbocycles. The molecule has 5 nitrogen and oxygen atoms in total. The van der Waals surface area contributed by atoms with Crippen molar-refractivity contribution in [3.63, 3.8) is 0 Å². The highest BCUT2D eigenvalue weighted by Crippen LogP contribution is 2.24. The molecule has 0 unspecified atom stereocenters. The van der Waals surface area contributed by atoms with E-state index in [-0.39, 0.29) is 6.42 Å². The average molecular weight is 382 g/mol. The van der Waals surface area contributed by atoms with Crippen molar-refractivity contribution in [1.82, 2.24) is 0 Å². The number of carbonyl (C=O) groups is 2. The van der Waals surface area contributed by atoms with Crippen molar-refractivity contribution in [1.29, 1.82) is 0 Å². The summed E-state index contributed by atoms with van der Waals surface area (Å²) < 4.78 is 10.2. The standard InChI is InChI=1S/C18H17Cl2NO4/c1-11-14(20)4-3-5-15(11)21-17(22)10-25-18(23)9-12-8-13(19)6-7-16(12)24-2/h3-8H,9-10H2,1-2H3,(H,21,22). The molecule has 132 valence electrons. The zero-order valence-corrected chi connectivity index (χ0v) is 15.3. The molecule has 0 saturated carbocycles. The maximum atomic E-state index is 11.9. The van der Waals surface area contributed by atoms with E-state index in [1.807, 2.05) is 0 Å². The summed E-state index contributed by atoms with van der Waals surface area (Å²) in [5.41, 5.74) is 1.91. The van der Waals surface area contributed by atoms with Gasteiger partial charge in [0.05, 0.1) is 13.5 Å². The molecule has 0 bridgehead atoms. The summed E-state index contributed by atoms with van der Waals surface area (Å²) in [6, 6.07) is 10.1. The summed E-state index contributed by atoms with van der Waals surface area (Å²) in [5.74, 6) is -0.476. The Morgan fingerprint density at radius 2 is 1.92 bits per heavy atom. The van der Waals surface area contributed by atoms with E-state index in [4.69, 9.17) is 32.7 Å². The van der Waals surface area contributed by atoms with Gasteiger partial charge in [0.15, 0.2) is 6.61 Å². The van der Waals surface area contributed by atoms with E-state index < -0.39 is 18.5 Å². The first-order chi connectivity index (χ1) is 11.9.